The van der Waals surface area contributed by atoms with Crippen LogP contribution in [0, 0.1) is 5.92 Å². The maximum Gasteiger partial charge on any atom is 0.407 e. The first-order chi connectivity index (χ1) is 6.29. The highest BCUT2D eigenvalue weighted by Crippen LogP contribution is 2.30. The summed E-state index contributed by atoms with van der Waals surface area (Å²) in [4.78, 5) is 21.6. The van der Waals surface area contributed by atoms with E-state index < -0.39 is 23.6 Å². The lowest BCUT2D eigenvalue weighted by Crippen LogP contribution is -2.34. The molecule has 0 bridgehead atoms. The van der Waals surface area contributed by atoms with Crippen molar-refractivity contribution in [2.45, 2.75) is 38.8 Å². The zero-order valence-electron chi connectivity index (χ0n) is 8.53. The molecule has 1 aliphatic rings. The Kier molecular flexibility index (Phi) is 2.69. The molecule has 5 heteroatoms. The molecule has 0 saturated heterocycles. The van der Waals surface area contributed by atoms with Crippen molar-refractivity contribution >= 4 is 12.1 Å². The Balaban J connectivity index is 2.27. The van der Waals surface area contributed by atoms with E-state index >= 15 is 0 Å². The normalized spacial score (nSPS) is 25.4. The number of carboxylic acids is 1. The molecule has 0 aliphatic heterocycles. The minimum atomic E-state index is -0.869. The van der Waals surface area contributed by atoms with Crippen molar-refractivity contribution < 1.29 is 19.4 Å². The topological polar surface area (TPSA) is 75.6 Å². The van der Waals surface area contributed by atoms with Gasteiger partial charge in [-0.1, -0.05) is 0 Å². The van der Waals surface area contributed by atoms with Gasteiger partial charge < -0.3 is 15.2 Å². The standard InChI is InChI=1S/C9H15NO4/c1-9(2,3)14-8(13)10-6-4-5(6)7(11)12/h5-6H,4H2,1-3H3,(H,10,13)(H,11,12)/t5-,6+/m1/s1. The highest BCUT2D eigenvalue weighted by molar-refractivity contribution is 5.77. The number of aliphatic carboxylic acids is 1. The summed E-state index contributed by atoms with van der Waals surface area (Å²) >= 11 is 0. The number of ether oxygens (including phenoxy) is 1. The number of amides is 1. The molecule has 0 radical (unpaired) electrons. The second-order valence-electron chi connectivity index (χ2n) is 4.43. The van der Waals surface area contributed by atoms with E-state index in [0.29, 0.717) is 6.42 Å². The van der Waals surface area contributed by atoms with Crippen LogP contribution >= 0.6 is 0 Å². The quantitative estimate of drug-likeness (QED) is 0.698. The SMILES string of the molecule is CC(C)(C)OC(=O)N[C@H]1C[C@H]1C(=O)O. The molecular weight excluding hydrogens is 186 g/mol. The molecule has 0 aromatic heterocycles. The van der Waals surface area contributed by atoms with E-state index in [-0.39, 0.29) is 6.04 Å². The zero-order chi connectivity index (χ0) is 10.9. The Labute approximate surface area is 82.4 Å². The van der Waals surface area contributed by atoms with Crippen LogP contribution in [-0.2, 0) is 9.53 Å². The van der Waals surface area contributed by atoms with E-state index in [9.17, 15) is 9.59 Å². The van der Waals surface area contributed by atoms with Crippen molar-refractivity contribution in [2.24, 2.45) is 5.92 Å². The lowest BCUT2D eigenvalue weighted by atomic mass is 10.2. The second-order valence-corrected chi connectivity index (χ2v) is 4.43. The van der Waals surface area contributed by atoms with Gasteiger partial charge in [0.05, 0.1) is 5.92 Å². The third-order valence-electron chi connectivity index (χ3n) is 1.81. The number of rotatable bonds is 2. The van der Waals surface area contributed by atoms with Crippen LogP contribution in [0.3, 0.4) is 0 Å². The van der Waals surface area contributed by atoms with Crippen LogP contribution in [-0.4, -0.2) is 28.8 Å². The monoisotopic (exact) mass is 201 g/mol. The maximum absolute atomic E-state index is 11.2. The molecule has 0 spiro atoms. The van der Waals surface area contributed by atoms with Crippen LogP contribution in [0.25, 0.3) is 0 Å². The molecule has 80 valence electrons. The van der Waals surface area contributed by atoms with Gasteiger partial charge in [-0.2, -0.15) is 0 Å². The van der Waals surface area contributed by atoms with Crippen molar-refractivity contribution in [1.82, 2.24) is 5.32 Å². The van der Waals surface area contributed by atoms with Crippen LogP contribution in [0.2, 0.25) is 0 Å². The molecule has 1 amide bonds. The largest absolute Gasteiger partial charge is 0.481 e. The van der Waals surface area contributed by atoms with Crippen molar-refractivity contribution in [2.75, 3.05) is 0 Å². The fourth-order valence-electron chi connectivity index (χ4n) is 1.09. The van der Waals surface area contributed by atoms with Gasteiger partial charge in [0, 0.05) is 6.04 Å². The number of carbonyl (C=O) groups is 2. The molecule has 1 fully saturated rings. The Hall–Kier alpha value is -1.26. The summed E-state index contributed by atoms with van der Waals surface area (Å²) in [6, 6.07) is -0.262. The van der Waals surface area contributed by atoms with Crippen LogP contribution in [0.1, 0.15) is 27.2 Å². The average molecular weight is 201 g/mol. The summed E-state index contributed by atoms with van der Waals surface area (Å²) in [5, 5.41) is 11.1. The van der Waals surface area contributed by atoms with Gasteiger partial charge in [-0.3, -0.25) is 4.79 Å². The van der Waals surface area contributed by atoms with E-state index in [4.69, 9.17) is 9.84 Å². The van der Waals surface area contributed by atoms with Gasteiger partial charge in [0.25, 0.3) is 0 Å². The fourth-order valence-corrected chi connectivity index (χ4v) is 1.09. The van der Waals surface area contributed by atoms with Gasteiger partial charge in [0.1, 0.15) is 5.60 Å². The van der Waals surface area contributed by atoms with Crippen LogP contribution in [0.4, 0.5) is 4.79 Å². The molecule has 0 heterocycles. The summed E-state index contributed by atoms with van der Waals surface area (Å²) in [5.41, 5.74) is -0.544. The predicted octanol–water partition coefficient (Wildman–Crippen LogP) is 0.984. The molecule has 1 saturated carbocycles. The molecule has 1 aliphatic carbocycles. The maximum atomic E-state index is 11.2. The number of hydrogen-bond acceptors (Lipinski definition) is 3. The Bertz CT molecular complexity index is 256. The van der Waals surface area contributed by atoms with E-state index in [1.807, 2.05) is 0 Å². The average Bonchev–Trinajstić information content (AvgIpc) is 2.61. The van der Waals surface area contributed by atoms with Gasteiger partial charge in [-0.05, 0) is 27.2 Å². The molecule has 0 aromatic carbocycles. The first kappa shape index (κ1) is 10.8. The molecule has 0 unspecified atom stereocenters. The molecule has 14 heavy (non-hydrogen) atoms. The molecule has 2 N–H and O–H groups in total. The lowest BCUT2D eigenvalue weighted by Gasteiger charge is -2.19. The summed E-state index contributed by atoms with van der Waals surface area (Å²) < 4.78 is 4.97. The summed E-state index contributed by atoms with van der Waals surface area (Å²) in [6.45, 7) is 5.27. The number of alkyl carbamates (subject to hydrolysis) is 1. The Morgan fingerprint density at radius 2 is 2.00 bits per heavy atom. The van der Waals surface area contributed by atoms with Crippen molar-refractivity contribution in [3.8, 4) is 0 Å². The van der Waals surface area contributed by atoms with Gasteiger partial charge in [-0.15, -0.1) is 0 Å². The zero-order valence-corrected chi connectivity index (χ0v) is 8.53. The smallest absolute Gasteiger partial charge is 0.407 e. The van der Waals surface area contributed by atoms with Gasteiger partial charge in [-0.25, -0.2) is 4.79 Å². The van der Waals surface area contributed by atoms with Crippen LogP contribution in [0.5, 0.6) is 0 Å². The molecule has 0 aromatic rings. The van der Waals surface area contributed by atoms with Crippen molar-refractivity contribution in [3.63, 3.8) is 0 Å². The number of carbonyl (C=O) groups excluding carboxylic acids is 1. The predicted molar refractivity (Wildman–Crippen MR) is 48.9 cm³/mol. The second kappa shape index (κ2) is 3.48. The third kappa shape index (κ3) is 3.24. The van der Waals surface area contributed by atoms with Crippen molar-refractivity contribution in [1.29, 1.82) is 0 Å². The van der Waals surface area contributed by atoms with E-state index in [1.165, 1.54) is 0 Å². The first-order valence-corrected chi connectivity index (χ1v) is 4.52. The minimum absolute atomic E-state index is 0.262. The molecular formula is C9H15NO4. The Morgan fingerprint density at radius 1 is 1.43 bits per heavy atom. The minimum Gasteiger partial charge on any atom is -0.481 e. The van der Waals surface area contributed by atoms with Crippen LogP contribution < -0.4 is 5.32 Å². The first-order valence-electron chi connectivity index (χ1n) is 4.52. The van der Waals surface area contributed by atoms with Gasteiger partial charge in [0.2, 0.25) is 0 Å². The number of nitrogens with one attached hydrogen (secondary N) is 1. The fraction of sp³-hybridized carbons (Fsp3) is 0.778. The van der Waals surface area contributed by atoms with E-state index in [0.717, 1.165) is 0 Å². The van der Waals surface area contributed by atoms with E-state index in [2.05, 4.69) is 5.32 Å². The summed E-state index contributed by atoms with van der Waals surface area (Å²) in [5.74, 6) is -1.31. The third-order valence-corrected chi connectivity index (χ3v) is 1.81. The molecule has 2 atom stereocenters. The van der Waals surface area contributed by atoms with Crippen molar-refractivity contribution in [3.05, 3.63) is 0 Å². The number of carboxylic acid groups (broad SMARTS) is 1. The van der Waals surface area contributed by atoms with Gasteiger partial charge >= 0.3 is 12.1 Å². The molecule has 5 nitrogen and oxygen atoms in total. The molecule has 1 rings (SSSR count). The summed E-state index contributed by atoms with van der Waals surface area (Å²) in [7, 11) is 0. The highest BCUT2D eigenvalue weighted by atomic mass is 16.6. The lowest BCUT2D eigenvalue weighted by molar-refractivity contribution is -0.138. The number of hydrogen-bond donors (Lipinski definition) is 2. The highest BCUT2D eigenvalue weighted by Gasteiger charge is 2.44. The van der Waals surface area contributed by atoms with Gasteiger partial charge in [0.15, 0.2) is 0 Å². The summed E-state index contributed by atoms with van der Waals surface area (Å²) in [6.07, 6.45) is -0.0551. The van der Waals surface area contributed by atoms with E-state index in [1.54, 1.807) is 20.8 Å². The Morgan fingerprint density at radius 3 is 2.36 bits per heavy atom. The van der Waals surface area contributed by atoms with Crippen LogP contribution in [0.15, 0.2) is 0 Å².